The maximum atomic E-state index is 14.0. The van der Waals surface area contributed by atoms with E-state index in [9.17, 15) is 4.39 Å². The molecule has 2 rings (SSSR count). The van der Waals surface area contributed by atoms with Crippen LogP contribution < -0.4 is 5.73 Å². The van der Waals surface area contributed by atoms with E-state index in [1.165, 1.54) is 6.07 Å². The molecule has 0 saturated heterocycles. The first-order chi connectivity index (χ1) is 10.0. The summed E-state index contributed by atoms with van der Waals surface area (Å²) in [5, 5.41) is 0.719. The van der Waals surface area contributed by atoms with Crippen LogP contribution in [0.1, 0.15) is 29.7 Å². The van der Waals surface area contributed by atoms with E-state index in [4.69, 9.17) is 17.3 Å². The highest BCUT2D eigenvalue weighted by molar-refractivity contribution is 6.30. The van der Waals surface area contributed by atoms with E-state index in [-0.39, 0.29) is 11.9 Å². The quantitative estimate of drug-likeness (QED) is 0.900. The third-order valence-electron chi connectivity index (χ3n) is 3.79. The molecule has 1 atom stereocenters. The summed E-state index contributed by atoms with van der Waals surface area (Å²) >= 11 is 5.90. The highest BCUT2D eigenvalue weighted by Crippen LogP contribution is 2.23. The summed E-state index contributed by atoms with van der Waals surface area (Å²) in [5.74, 6) is -0.201. The summed E-state index contributed by atoms with van der Waals surface area (Å²) in [4.78, 5) is 2.10. The topological polar surface area (TPSA) is 29.3 Å². The smallest absolute Gasteiger partial charge is 0.128 e. The minimum Gasteiger partial charge on any atom is -0.326 e. The second-order valence-electron chi connectivity index (χ2n) is 5.27. The molecular formula is C17H20ClFN2. The normalized spacial score (nSPS) is 12.7. The van der Waals surface area contributed by atoms with Crippen LogP contribution in [-0.2, 0) is 13.1 Å². The molecule has 0 aliphatic heterocycles. The van der Waals surface area contributed by atoms with Crippen molar-refractivity contribution in [1.82, 2.24) is 4.90 Å². The van der Waals surface area contributed by atoms with Crippen molar-refractivity contribution in [1.29, 1.82) is 0 Å². The van der Waals surface area contributed by atoms with Crippen molar-refractivity contribution in [2.45, 2.75) is 26.1 Å². The molecule has 0 amide bonds. The minimum absolute atomic E-state index is 0.177. The summed E-state index contributed by atoms with van der Waals surface area (Å²) in [7, 11) is 1.98. The standard InChI is InChI=1S/C17H20ClFN2/c1-12(14-5-7-16(18)8-6-14)21(2)11-15-4-3-13(10-20)9-17(15)19/h3-9,12H,10-11,20H2,1-2H3. The van der Waals surface area contributed by atoms with Crippen LogP contribution in [-0.4, -0.2) is 11.9 Å². The first-order valence-corrected chi connectivity index (χ1v) is 7.32. The zero-order chi connectivity index (χ0) is 15.4. The van der Waals surface area contributed by atoms with E-state index in [0.717, 1.165) is 16.1 Å². The van der Waals surface area contributed by atoms with Gasteiger partial charge in [0.15, 0.2) is 0 Å². The molecule has 2 aromatic carbocycles. The number of hydrogen-bond donors (Lipinski definition) is 1. The Hall–Kier alpha value is -1.42. The third kappa shape index (κ3) is 4.03. The van der Waals surface area contributed by atoms with E-state index < -0.39 is 0 Å². The van der Waals surface area contributed by atoms with Gasteiger partial charge in [-0.15, -0.1) is 0 Å². The van der Waals surface area contributed by atoms with Crippen LogP contribution in [0.4, 0.5) is 4.39 Å². The summed E-state index contributed by atoms with van der Waals surface area (Å²) in [6.45, 7) is 2.99. The monoisotopic (exact) mass is 306 g/mol. The number of nitrogens with two attached hydrogens (primary N) is 1. The van der Waals surface area contributed by atoms with Gasteiger partial charge >= 0.3 is 0 Å². The lowest BCUT2D eigenvalue weighted by Gasteiger charge is -2.25. The lowest BCUT2D eigenvalue weighted by molar-refractivity contribution is 0.249. The van der Waals surface area contributed by atoms with Gasteiger partial charge in [-0.1, -0.05) is 35.9 Å². The first kappa shape index (κ1) is 16.0. The fraction of sp³-hybridized carbons (Fsp3) is 0.294. The molecular weight excluding hydrogens is 287 g/mol. The summed E-state index contributed by atoms with van der Waals surface area (Å²) < 4.78 is 14.0. The Kier molecular flexibility index (Phi) is 5.34. The van der Waals surface area contributed by atoms with Crippen molar-refractivity contribution in [2.75, 3.05) is 7.05 Å². The van der Waals surface area contributed by atoms with Gasteiger partial charge in [-0.05, 0) is 43.3 Å². The number of rotatable bonds is 5. The number of nitrogens with zero attached hydrogens (tertiary/aromatic N) is 1. The molecule has 0 bridgehead atoms. The van der Waals surface area contributed by atoms with Gasteiger partial charge in [0.2, 0.25) is 0 Å². The second-order valence-corrected chi connectivity index (χ2v) is 5.71. The Morgan fingerprint density at radius 2 is 1.86 bits per heavy atom. The molecule has 0 radical (unpaired) electrons. The Morgan fingerprint density at radius 3 is 2.43 bits per heavy atom. The van der Waals surface area contributed by atoms with Gasteiger partial charge < -0.3 is 5.73 Å². The molecule has 0 aromatic heterocycles. The zero-order valence-corrected chi connectivity index (χ0v) is 13.1. The third-order valence-corrected chi connectivity index (χ3v) is 4.04. The van der Waals surface area contributed by atoms with E-state index in [0.29, 0.717) is 18.7 Å². The molecule has 0 fully saturated rings. The molecule has 0 spiro atoms. The Balaban J connectivity index is 2.10. The molecule has 21 heavy (non-hydrogen) atoms. The minimum atomic E-state index is -0.201. The molecule has 4 heteroatoms. The van der Waals surface area contributed by atoms with Crippen molar-refractivity contribution in [2.24, 2.45) is 5.73 Å². The van der Waals surface area contributed by atoms with Crippen LogP contribution >= 0.6 is 11.6 Å². The average Bonchev–Trinajstić information content (AvgIpc) is 2.49. The average molecular weight is 307 g/mol. The van der Waals surface area contributed by atoms with Crippen LogP contribution in [0.3, 0.4) is 0 Å². The maximum Gasteiger partial charge on any atom is 0.128 e. The Labute approximate surface area is 130 Å². The van der Waals surface area contributed by atoms with Crippen LogP contribution in [0.25, 0.3) is 0 Å². The van der Waals surface area contributed by atoms with Crippen molar-refractivity contribution in [3.8, 4) is 0 Å². The van der Waals surface area contributed by atoms with Crippen molar-refractivity contribution < 1.29 is 4.39 Å². The zero-order valence-electron chi connectivity index (χ0n) is 12.3. The Bertz CT molecular complexity index is 598. The molecule has 0 aliphatic rings. The van der Waals surface area contributed by atoms with Crippen molar-refractivity contribution >= 4 is 11.6 Å². The fourth-order valence-corrected chi connectivity index (χ4v) is 2.37. The summed E-state index contributed by atoms with van der Waals surface area (Å²) in [5.41, 5.74) is 8.16. The fourth-order valence-electron chi connectivity index (χ4n) is 2.25. The van der Waals surface area contributed by atoms with Gasteiger partial charge in [0.1, 0.15) is 5.82 Å². The summed E-state index contributed by atoms with van der Waals surface area (Å²) in [6, 6.07) is 13.1. The highest BCUT2D eigenvalue weighted by Gasteiger charge is 2.14. The largest absolute Gasteiger partial charge is 0.326 e. The number of benzene rings is 2. The SMILES string of the molecule is CC(c1ccc(Cl)cc1)N(C)Cc1ccc(CN)cc1F. The molecule has 112 valence electrons. The van der Waals surface area contributed by atoms with E-state index in [1.54, 1.807) is 0 Å². The van der Waals surface area contributed by atoms with E-state index >= 15 is 0 Å². The van der Waals surface area contributed by atoms with Crippen LogP contribution in [0.15, 0.2) is 42.5 Å². The van der Waals surface area contributed by atoms with E-state index in [2.05, 4.69) is 11.8 Å². The molecule has 0 aliphatic carbocycles. The van der Waals surface area contributed by atoms with Gasteiger partial charge in [-0.3, -0.25) is 4.90 Å². The molecule has 2 nitrogen and oxygen atoms in total. The molecule has 2 aromatic rings. The van der Waals surface area contributed by atoms with Crippen LogP contribution in [0.2, 0.25) is 5.02 Å². The van der Waals surface area contributed by atoms with Crippen LogP contribution in [0.5, 0.6) is 0 Å². The molecule has 2 N–H and O–H groups in total. The summed E-state index contributed by atoms with van der Waals surface area (Å²) in [6.07, 6.45) is 0. The van der Waals surface area contributed by atoms with Gasteiger partial charge in [0, 0.05) is 29.7 Å². The van der Waals surface area contributed by atoms with Gasteiger partial charge in [0.25, 0.3) is 0 Å². The predicted molar refractivity (Wildman–Crippen MR) is 85.6 cm³/mol. The second kappa shape index (κ2) is 7.03. The van der Waals surface area contributed by atoms with Crippen molar-refractivity contribution in [3.05, 3.63) is 70.0 Å². The van der Waals surface area contributed by atoms with Gasteiger partial charge in [0.05, 0.1) is 0 Å². The molecule has 0 saturated carbocycles. The predicted octanol–water partition coefficient (Wildman–Crippen LogP) is 4.13. The van der Waals surface area contributed by atoms with Crippen molar-refractivity contribution in [3.63, 3.8) is 0 Å². The lowest BCUT2D eigenvalue weighted by Crippen LogP contribution is -2.22. The van der Waals surface area contributed by atoms with E-state index in [1.807, 2.05) is 43.4 Å². The molecule has 0 heterocycles. The first-order valence-electron chi connectivity index (χ1n) is 6.94. The van der Waals surface area contributed by atoms with Crippen LogP contribution in [0, 0.1) is 5.82 Å². The number of hydrogen-bond acceptors (Lipinski definition) is 2. The van der Waals surface area contributed by atoms with Gasteiger partial charge in [-0.2, -0.15) is 0 Å². The Morgan fingerprint density at radius 1 is 1.19 bits per heavy atom. The highest BCUT2D eigenvalue weighted by atomic mass is 35.5. The maximum absolute atomic E-state index is 14.0. The van der Waals surface area contributed by atoms with Gasteiger partial charge in [-0.25, -0.2) is 4.39 Å². The number of halogens is 2. The molecule has 1 unspecified atom stereocenters. The lowest BCUT2D eigenvalue weighted by atomic mass is 10.1.